The summed E-state index contributed by atoms with van der Waals surface area (Å²) in [7, 11) is 1.80. The van der Waals surface area contributed by atoms with Gasteiger partial charge in [-0.05, 0) is 32.0 Å². The highest BCUT2D eigenvalue weighted by molar-refractivity contribution is 5.96. The van der Waals surface area contributed by atoms with Crippen molar-refractivity contribution in [1.29, 1.82) is 0 Å². The first-order valence-electron chi connectivity index (χ1n) is 9.95. The van der Waals surface area contributed by atoms with E-state index < -0.39 is 12.2 Å². The lowest BCUT2D eigenvalue weighted by molar-refractivity contribution is 0.0940. The zero-order valence-electron chi connectivity index (χ0n) is 16.9. The molecular weight excluding hydrogens is 385 g/mol. The van der Waals surface area contributed by atoms with Gasteiger partial charge in [0.25, 0.3) is 5.91 Å². The highest BCUT2D eigenvalue weighted by Crippen LogP contribution is 2.32. The summed E-state index contributed by atoms with van der Waals surface area (Å²) in [6.07, 6.45) is 4.65. The molecule has 30 heavy (non-hydrogen) atoms. The number of halogens is 1. The minimum atomic E-state index is -0.973. The van der Waals surface area contributed by atoms with Gasteiger partial charge in [-0.3, -0.25) is 4.79 Å². The number of carbonyl (C=O) groups is 1. The van der Waals surface area contributed by atoms with Crippen molar-refractivity contribution in [2.45, 2.75) is 38.5 Å². The fraction of sp³-hybridized carbons (Fsp3) is 0.333. The second kappa shape index (κ2) is 6.79. The molecule has 9 heteroatoms. The van der Waals surface area contributed by atoms with Crippen LogP contribution in [-0.2, 0) is 0 Å². The molecule has 1 fully saturated rings. The van der Waals surface area contributed by atoms with Crippen LogP contribution in [0.15, 0.2) is 36.8 Å². The average Bonchev–Trinajstić information content (AvgIpc) is 3.14. The predicted molar refractivity (Wildman–Crippen MR) is 112 cm³/mol. The van der Waals surface area contributed by atoms with Crippen LogP contribution in [0.2, 0.25) is 0 Å². The Morgan fingerprint density at radius 2 is 2.10 bits per heavy atom. The quantitative estimate of drug-likeness (QED) is 0.530. The van der Waals surface area contributed by atoms with Crippen molar-refractivity contribution in [3.8, 4) is 11.3 Å². The number of hydrogen-bond donors (Lipinski definition) is 2. The SMILES string of the molecule is CNc1cc(-c2cn(C(C)C)c3ncccc23)nn2c(C(=O)NC3CC3F)cnc12. The number of fused-ring (bicyclic) bond motifs is 2. The molecule has 0 aromatic carbocycles. The Kier molecular flexibility index (Phi) is 4.19. The highest BCUT2D eigenvalue weighted by Gasteiger charge is 2.39. The van der Waals surface area contributed by atoms with Crippen LogP contribution in [0.5, 0.6) is 0 Å². The third kappa shape index (κ3) is 2.89. The van der Waals surface area contributed by atoms with Crippen LogP contribution in [0.25, 0.3) is 27.9 Å². The summed E-state index contributed by atoms with van der Waals surface area (Å²) in [4.78, 5) is 21.5. The minimum Gasteiger partial charge on any atom is -0.385 e. The van der Waals surface area contributed by atoms with Gasteiger partial charge in [0.2, 0.25) is 0 Å². The summed E-state index contributed by atoms with van der Waals surface area (Å²) in [6, 6.07) is 5.62. The van der Waals surface area contributed by atoms with E-state index in [0.717, 1.165) is 22.3 Å². The third-order valence-corrected chi connectivity index (χ3v) is 5.42. The molecule has 0 spiro atoms. The van der Waals surface area contributed by atoms with Crippen LogP contribution < -0.4 is 10.6 Å². The van der Waals surface area contributed by atoms with Crippen molar-refractivity contribution in [3.05, 3.63) is 42.5 Å². The van der Waals surface area contributed by atoms with Crippen molar-refractivity contribution < 1.29 is 9.18 Å². The predicted octanol–water partition coefficient (Wildman–Crippen LogP) is 3.21. The fourth-order valence-electron chi connectivity index (χ4n) is 3.68. The lowest BCUT2D eigenvalue weighted by Crippen LogP contribution is -2.28. The molecule has 0 radical (unpaired) electrons. The molecule has 1 aliphatic rings. The fourth-order valence-corrected chi connectivity index (χ4v) is 3.68. The zero-order chi connectivity index (χ0) is 21.0. The molecular formula is C21H22FN7O. The Labute approximate surface area is 172 Å². The maximum absolute atomic E-state index is 13.2. The molecule has 2 N–H and O–H groups in total. The van der Waals surface area contributed by atoms with Gasteiger partial charge >= 0.3 is 0 Å². The van der Waals surface area contributed by atoms with E-state index in [4.69, 9.17) is 5.10 Å². The molecule has 5 rings (SSSR count). The standard InChI is InChI=1S/C21H22FN7O/c1-11(2)28-10-13(12-5-4-6-24-19(12)28)15-8-17(23-3)20-25-9-18(29(20)27-15)21(30)26-16-7-14(16)22/h4-6,8-11,14,16,23H,7H2,1-3H3,(H,26,30). The normalized spacial score (nSPS) is 18.3. The molecule has 8 nitrogen and oxygen atoms in total. The smallest absolute Gasteiger partial charge is 0.271 e. The second-order valence-electron chi connectivity index (χ2n) is 7.82. The third-order valence-electron chi connectivity index (χ3n) is 5.42. The molecule has 0 saturated heterocycles. The van der Waals surface area contributed by atoms with Crippen LogP contribution in [-0.4, -0.2) is 49.3 Å². The Morgan fingerprint density at radius 3 is 2.80 bits per heavy atom. The van der Waals surface area contributed by atoms with Gasteiger partial charge in [-0.15, -0.1) is 0 Å². The van der Waals surface area contributed by atoms with Crippen molar-refractivity contribution in [2.24, 2.45) is 0 Å². The zero-order valence-corrected chi connectivity index (χ0v) is 16.9. The number of pyridine rings is 1. The number of nitrogens with one attached hydrogen (secondary N) is 2. The molecule has 0 aliphatic heterocycles. The maximum Gasteiger partial charge on any atom is 0.271 e. The first kappa shape index (κ1) is 18.5. The number of anilines is 1. The molecule has 4 aromatic heterocycles. The second-order valence-corrected chi connectivity index (χ2v) is 7.82. The number of aromatic nitrogens is 5. The van der Waals surface area contributed by atoms with Crippen molar-refractivity contribution in [3.63, 3.8) is 0 Å². The van der Waals surface area contributed by atoms with Gasteiger partial charge in [-0.1, -0.05) is 0 Å². The largest absolute Gasteiger partial charge is 0.385 e. The van der Waals surface area contributed by atoms with Crippen LogP contribution in [0.4, 0.5) is 10.1 Å². The van der Waals surface area contributed by atoms with Crippen LogP contribution in [0.1, 0.15) is 36.8 Å². The summed E-state index contributed by atoms with van der Waals surface area (Å²) in [6.45, 7) is 4.20. The number of nitrogens with zero attached hydrogens (tertiary/aromatic N) is 5. The number of alkyl halides is 1. The molecule has 1 aliphatic carbocycles. The van der Waals surface area contributed by atoms with E-state index in [1.165, 1.54) is 10.7 Å². The van der Waals surface area contributed by atoms with E-state index in [9.17, 15) is 9.18 Å². The average molecular weight is 407 g/mol. The molecule has 1 amide bonds. The number of carbonyl (C=O) groups excluding carboxylic acids is 1. The van der Waals surface area contributed by atoms with E-state index in [1.54, 1.807) is 13.2 Å². The molecule has 154 valence electrons. The van der Waals surface area contributed by atoms with Gasteiger partial charge in [0.05, 0.1) is 23.6 Å². The molecule has 0 bridgehead atoms. The van der Waals surface area contributed by atoms with E-state index in [-0.39, 0.29) is 17.6 Å². The van der Waals surface area contributed by atoms with E-state index >= 15 is 0 Å². The lowest BCUT2D eigenvalue weighted by atomic mass is 10.1. The van der Waals surface area contributed by atoms with Gasteiger partial charge in [-0.2, -0.15) is 5.10 Å². The first-order chi connectivity index (χ1) is 14.5. The van der Waals surface area contributed by atoms with Crippen LogP contribution >= 0.6 is 0 Å². The lowest BCUT2D eigenvalue weighted by Gasteiger charge is -2.09. The van der Waals surface area contributed by atoms with Crippen molar-refractivity contribution >= 4 is 28.3 Å². The summed E-state index contributed by atoms with van der Waals surface area (Å²) in [5.41, 5.74) is 4.02. The monoisotopic (exact) mass is 407 g/mol. The van der Waals surface area contributed by atoms with Crippen molar-refractivity contribution in [1.82, 2.24) is 29.5 Å². The van der Waals surface area contributed by atoms with Gasteiger partial charge in [0.1, 0.15) is 11.8 Å². The molecule has 4 heterocycles. The number of amides is 1. The summed E-state index contributed by atoms with van der Waals surface area (Å²) in [5.74, 6) is -0.384. The van der Waals surface area contributed by atoms with Crippen molar-refractivity contribution in [2.75, 3.05) is 12.4 Å². The van der Waals surface area contributed by atoms with Gasteiger partial charge in [0.15, 0.2) is 11.3 Å². The van der Waals surface area contributed by atoms with E-state index in [2.05, 4.69) is 39.0 Å². The maximum atomic E-state index is 13.2. The summed E-state index contributed by atoms with van der Waals surface area (Å²) >= 11 is 0. The molecule has 2 atom stereocenters. The van der Waals surface area contributed by atoms with Gasteiger partial charge in [-0.25, -0.2) is 18.9 Å². The first-order valence-corrected chi connectivity index (χ1v) is 9.95. The molecule has 4 aromatic rings. The Balaban J connectivity index is 1.68. The number of rotatable bonds is 5. The van der Waals surface area contributed by atoms with E-state index in [1.807, 2.05) is 24.4 Å². The molecule has 1 saturated carbocycles. The van der Waals surface area contributed by atoms with Crippen LogP contribution in [0.3, 0.4) is 0 Å². The minimum absolute atomic E-state index is 0.227. The Bertz CT molecular complexity index is 1280. The summed E-state index contributed by atoms with van der Waals surface area (Å²) in [5, 5.41) is 11.5. The Hall–Kier alpha value is -3.49. The van der Waals surface area contributed by atoms with E-state index in [0.29, 0.717) is 17.8 Å². The topological polar surface area (TPSA) is 89.1 Å². The number of hydrogen-bond acceptors (Lipinski definition) is 5. The van der Waals surface area contributed by atoms with Crippen LogP contribution in [0, 0.1) is 0 Å². The summed E-state index contributed by atoms with van der Waals surface area (Å²) < 4.78 is 16.9. The van der Waals surface area contributed by atoms with Gasteiger partial charge < -0.3 is 15.2 Å². The Morgan fingerprint density at radius 1 is 1.30 bits per heavy atom. The van der Waals surface area contributed by atoms with Gasteiger partial charge in [0, 0.05) is 42.9 Å². The number of imidazole rings is 1. The highest BCUT2D eigenvalue weighted by atomic mass is 19.1. The molecule has 2 unspecified atom stereocenters.